The molecule has 5 rings (SSSR count). The van der Waals surface area contributed by atoms with Crippen LogP contribution in [0.1, 0.15) is 11.1 Å². The van der Waals surface area contributed by atoms with Gasteiger partial charge in [0.25, 0.3) is 0 Å². The molecule has 1 aliphatic rings. The first-order valence-corrected chi connectivity index (χ1v) is 10.9. The maximum Gasteiger partial charge on any atom is 0.0716 e. The zero-order valence-corrected chi connectivity index (χ0v) is 19.0. The van der Waals surface area contributed by atoms with Gasteiger partial charge in [-0.15, -0.1) is 0 Å². The molecule has 0 fully saturated rings. The van der Waals surface area contributed by atoms with Gasteiger partial charge in [-0.05, 0) is 64.4 Å². The van der Waals surface area contributed by atoms with Gasteiger partial charge in [-0.1, -0.05) is 48.5 Å². The van der Waals surface area contributed by atoms with Crippen molar-refractivity contribution < 1.29 is 0 Å². The van der Waals surface area contributed by atoms with Crippen LogP contribution in [0.15, 0.2) is 96.0 Å². The van der Waals surface area contributed by atoms with Gasteiger partial charge >= 0.3 is 0 Å². The summed E-state index contributed by atoms with van der Waals surface area (Å²) >= 11 is 0. The summed E-state index contributed by atoms with van der Waals surface area (Å²) in [5.74, 6) is 0. The van der Waals surface area contributed by atoms with Crippen LogP contribution in [-0.2, 0) is 0 Å². The lowest BCUT2D eigenvalue weighted by Gasteiger charge is -2.16. The van der Waals surface area contributed by atoms with E-state index in [1.807, 2.05) is 6.07 Å². The molecule has 3 heteroatoms. The van der Waals surface area contributed by atoms with E-state index in [-0.39, 0.29) is 0 Å². The van der Waals surface area contributed by atoms with E-state index in [0.717, 1.165) is 11.0 Å². The molecular weight excluding hydrogens is 390 g/mol. The first-order valence-electron chi connectivity index (χ1n) is 10.9. The van der Waals surface area contributed by atoms with E-state index in [1.54, 1.807) is 0 Å². The van der Waals surface area contributed by atoms with Crippen LogP contribution < -0.4 is 20.4 Å². The summed E-state index contributed by atoms with van der Waals surface area (Å²) in [6.07, 6.45) is 0. The summed E-state index contributed by atoms with van der Waals surface area (Å²) in [5, 5.41) is 2.24. The van der Waals surface area contributed by atoms with Gasteiger partial charge < -0.3 is 9.80 Å². The third-order valence-corrected chi connectivity index (χ3v) is 6.07. The maximum absolute atomic E-state index is 4.80. The van der Waals surface area contributed by atoms with Gasteiger partial charge in [0, 0.05) is 50.7 Å². The van der Waals surface area contributed by atoms with Crippen LogP contribution in [0.25, 0.3) is 16.7 Å². The second-order valence-corrected chi connectivity index (χ2v) is 8.62. The first-order chi connectivity index (χ1) is 15.5. The Hall–Kier alpha value is -3.85. The Morgan fingerprint density at radius 2 is 1.16 bits per heavy atom. The van der Waals surface area contributed by atoms with Gasteiger partial charge in [0.15, 0.2) is 0 Å². The van der Waals surface area contributed by atoms with E-state index in [1.165, 1.54) is 44.4 Å². The molecule has 0 saturated carbocycles. The zero-order valence-electron chi connectivity index (χ0n) is 19.0. The van der Waals surface area contributed by atoms with Crippen LogP contribution in [0.3, 0.4) is 0 Å². The van der Waals surface area contributed by atoms with E-state index in [9.17, 15) is 0 Å². The molecule has 0 N–H and O–H groups in total. The number of nitrogens with zero attached hydrogens (tertiary/aromatic N) is 3. The van der Waals surface area contributed by atoms with Crippen molar-refractivity contribution in [3.05, 3.63) is 113 Å². The number of rotatable bonds is 4. The topological polar surface area (TPSA) is 18.8 Å². The Bertz CT molecular complexity index is 1340. The molecule has 0 aliphatic carbocycles. The SMILES string of the molecule is CN(C)c1ccc(C(c2ccc(N(C)C)cc2)=c2ccc3c(c2)-c2ccccc2N=3)cc1. The minimum Gasteiger partial charge on any atom is -0.378 e. The third-order valence-electron chi connectivity index (χ3n) is 6.07. The lowest BCUT2D eigenvalue weighted by molar-refractivity contribution is 1.13. The van der Waals surface area contributed by atoms with E-state index in [2.05, 4.69) is 123 Å². The van der Waals surface area contributed by atoms with Crippen molar-refractivity contribution in [3.63, 3.8) is 0 Å². The standard InChI is InChI=1S/C29H27N3/c1-31(2)23-14-9-20(10-15-23)29(21-11-16-24(17-12-21)32(3)4)22-13-18-28-26(19-22)25-7-5-6-8-27(25)30-28/h5-19H,1-4H3. The zero-order chi connectivity index (χ0) is 22.2. The molecule has 0 bridgehead atoms. The number of hydrogen-bond donors (Lipinski definition) is 0. The maximum atomic E-state index is 4.80. The Morgan fingerprint density at radius 3 is 1.72 bits per heavy atom. The lowest BCUT2D eigenvalue weighted by Crippen LogP contribution is -2.14. The van der Waals surface area contributed by atoms with Gasteiger partial charge in [0.05, 0.1) is 11.0 Å². The molecule has 4 aromatic carbocycles. The van der Waals surface area contributed by atoms with E-state index < -0.39 is 0 Å². The lowest BCUT2D eigenvalue weighted by atomic mass is 9.93. The Kier molecular flexibility index (Phi) is 5.02. The molecule has 0 saturated heterocycles. The van der Waals surface area contributed by atoms with E-state index in [4.69, 9.17) is 4.99 Å². The summed E-state index contributed by atoms with van der Waals surface area (Å²) in [7, 11) is 8.28. The number of anilines is 2. The van der Waals surface area contributed by atoms with Gasteiger partial charge in [-0.25, -0.2) is 4.99 Å². The van der Waals surface area contributed by atoms with Crippen molar-refractivity contribution >= 4 is 22.6 Å². The molecule has 0 radical (unpaired) electrons. The largest absolute Gasteiger partial charge is 0.378 e. The van der Waals surface area contributed by atoms with Gasteiger partial charge in [0.1, 0.15) is 0 Å². The van der Waals surface area contributed by atoms with Crippen molar-refractivity contribution in [1.82, 2.24) is 0 Å². The molecule has 0 amide bonds. The fourth-order valence-electron chi connectivity index (χ4n) is 4.29. The Balaban J connectivity index is 1.74. The molecule has 3 nitrogen and oxygen atoms in total. The first kappa shape index (κ1) is 20.1. The number of hydrogen-bond acceptors (Lipinski definition) is 3. The number of fused-ring (bicyclic) bond motifs is 3. The molecule has 158 valence electrons. The number of para-hydroxylation sites is 1. The monoisotopic (exact) mass is 417 g/mol. The summed E-state index contributed by atoms with van der Waals surface area (Å²) in [4.78, 5) is 9.06. The van der Waals surface area contributed by atoms with Crippen LogP contribution in [0.5, 0.6) is 0 Å². The highest BCUT2D eigenvalue weighted by Gasteiger charge is 2.14. The average Bonchev–Trinajstić information content (AvgIpc) is 3.18. The fraction of sp³-hybridized carbons (Fsp3) is 0.138. The Labute approximate surface area is 189 Å². The second-order valence-electron chi connectivity index (χ2n) is 8.62. The molecule has 4 aromatic rings. The molecular formula is C29H27N3. The smallest absolute Gasteiger partial charge is 0.0716 e. The highest BCUT2D eigenvalue weighted by Crippen LogP contribution is 2.32. The summed E-state index contributed by atoms with van der Waals surface area (Å²) < 4.78 is 0. The number of benzene rings is 4. The van der Waals surface area contributed by atoms with Gasteiger partial charge in [0.2, 0.25) is 0 Å². The van der Waals surface area contributed by atoms with E-state index in [0.29, 0.717) is 0 Å². The minimum atomic E-state index is 1.04. The second kappa shape index (κ2) is 8.01. The minimum absolute atomic E-state index is 1.04. The average molecular weight is 418 g/mol. The normalized spacial score (nSPS) is 11.4. The van der Waals surface area contributed by atoms with Crippen molar-refractivity contribution in [1.29, 1.82) is 0 Å². The van der Waals surface area contributed by atoms with Crippen LogP contribution >= 0.6 is 0 Å². The van der Waals surface area contributed by atoms with Crippen molar-refractivity contribution in [2.24, 2.45) is 4.99 Å². The highest BCUT2D eigenvalue weighted by molar-refractivity contribution is 5.83. The summed E-state index contributed by atoms with van der Waals surface area (Å²) in [5.41, 5.74) is 9.47. The Morgan fingerprint density at radius 1 is 0.594 bits per heavy atom. The summed E-state index contributed by atoms with van der Waals surface area (Å²) in [6.45, 7) is 0. The summed E-state index contributed by atoms with van der Waals surface area (Å²) in [6, 6.07) is 32.6. The highest BCUT2D eigenvalue weighted by atomic mass is 15.1. The van der Waals surface area contributed by atoms with Crippen LogP contribution in [0.4, 0.5) is 17.1 Å². The third kappa shape index (κ3) is 3.56. The molecule has 1 heterocycles. The van der Waals surface area contributed by atoms with Crippen LogP contribution in [0, 0.1) is 0 Å². The van der Waals surface area contributed by atoms with Crippen molar-refractivity contribution in [3.8, 4) is 11.1 Å². The predicted molar refractivity (Wildman–Crippen MR) is 135 cm³/mol. The van der Waals surface area contributed by atoms with Crippen LogP contribution in [0.2, 0.25) is 0 Å². The van der Waals surface area contributed by atoms with Crippen molar-refractivity contribution in [2.75, 3.05) is 38.0 Å². The molecule has 0 atom stereocenters. The molecule has 0 spiro atoms. The fourth-order valence-corrected chi connectivity index (χ4v) is 4.29. The quantitative estimate of drug-likeness (QED) is 0.410. The molecule has 0 aromatic heterocycles. The van der Waals surface area contributed by atoms with Crippen LogP contribution in [-0.4, -0.2) is 28.2 Å². The molecule has 32 heavy (non-hydrogen) atoms. The van der Waals surface area contributed by atoms with Crippen molar-refractivity contribution in [2.45, 2.75) is 0 Å². The van der Waals surface area contributed by atoms with Gasteiger partial charge in [-0.3, -0.25) is 0 Å². The molecule has 0 unspecified atom stereocenters. The van der Waals surface area contributed by atoms with E-state index >= 15 is 0 Å². The van der Waals surface area contributed by atoms with Gasteiger partial charge in [-0.2, -0.15) is 0 Å². The predicted octanol–water partition coefficient (Wildman–Crippen LogP) is 5.00. The molecule has 1 aliphatic heterocycles.